The molecule has 1 fully saturated rings. The first-order chi connectivity index (χ1) is 12.0. The minimum atomic E-state index is -1.33. The van der Waals surface area contributed by atoms with Gasteiger partial charge in [-0.25, -0.2) is 9.29 Å². The predicted octanol–water partition coefficient (Wildman–Crippen LogP) is 3.31. The maximum atomic E-state index is 13.1. The van der Waals surface area contributed by atoms with Crippen LogP contribution in [0.3, 0.4) is 0 Å². The van der Waals surface area contributed by atoms with Crippen LogP contribution < -0.4 is 4.90 Å². The standard InChI is InChI=1S/C18H12ClFN2O3/c19-12-3-1-11(2-4-12)15-9-18(25-21-15)10-16(23)22(17(18)24)14-7-5-13(20)6-8-14/h1-8H,9-10H2. The second-order valence-corrected chi connectivity index (χ2v) is 6.43. The summed E-state index contributed by atoms with van der Waals surface area (Å²) in [5, 5.41) is 4.60. The van der Waals surface area contributed by atoms with Crippen LogP contribution in [0.1, 0.15) is 18.4 Å². The molecule has 1 atom stereocenters. The molecule has 2 aromatic carbocycles. The third kappa shape index (κ3) is 2.59. The second kappa shape index (κ2) is 5.67. The van der Waals surface area contributed by atoms with E-state index in [1.54, 1.807) is 24.3 Å². The highest BCUT2D eigenvalue weighted by Gasteiger charge is 2.58. The number of rotatable bonds is 2. The van der Waals surface area contributed by atoms with Gasteiger partial charge >= 0.3 is 0 Å². The van der Waals surface area contributed by atoms with Gasteiger partial charge in [0.25, 0.3) is 5.91 Å². The number of carbonyl (C=O) groups excluding carboxylic acids is 2. The Morgan fingerprint density at radius 1 is 1.04 bits per heavy atom. The van der Waals surface area contributed by atoms with Crippen molar-refractivity contribution in [1.29, 1.82) is 0 Å². The number of anilines is 1. The summed E-state index contributed by atoms with van der Waals surface area (Å²) in [6.07, 6.45) is 0.0840. The van der Waals surface area contributed by atoms with Gasteiger partial charge in [-0.2, -0.15) is 0 Å². The third-order valence-electron chi connectivity index (χ3n) is 4.32. The van der Waals surface area contributed by atoms with Gasteiger partial charge in [0.1, 0.15) is 5.82 Å². The first kappa shape index (κ1) is 15.8. The smallest absolute Gasteiger partial charge is 0.281 e. The molecule has 2 amide bonds. The maximum absolute atomic E-state index is 13.1. The van der Waals surface area contributed by atoms with E-state index in [-0.39, 0.29) is 12.8 Å². The van der Waals surface area contributed by atoms with Gasteiger partial charge in [-0.3, -0.25) is 9.59 Å². The summed E-state index contributed by atoms with van der Waals surface area (Å²) < 4.78 is 13.1. The van der Waals surface area contributed by atoms with Crippen molar-refractivity contribution in [3.8, 4) is 0 Å². The van der Waals surface area contributed by atoms with E-state index in [0.717, 1.165) is 10.5 Å². The highest BCUT2D eigenvalue weighted by molar-refractivity contribution is 6.30. The fraction of sp³-hybridized carbons (Fsp3) is 0.167. The van der Waals surface area contributed by atoms with E-state index in [1.807, 2.05) is 0 Å². The van der Waals surface area contributed by atoms with Crippen LogP contribution in [0.4, 0.5) is 10.1 Å². The minimum Gasteiger partial charge on any atom is -0.378 e. The highest BCUT2D eigenvalue weighted by atomic mass is 35.5. The molecule has 4 rings (SSSR count). The summed E-state index contributed by atoms with van der Waals surface area (Å²) in [4.78, 5) is 31.7. The van der Waals surface area contributed by atoms with E-state index in [1.165, 1.54) is 24.3 Å². The zero-order chi connectivity index (χ0) is 17.6. The number of benzene rings is 2. The summed E-state index contributed by atoms with van der Waals surface area (Å²) in [7, 11) is 0. The summed E-state index contributed by atoms with van der Waals surface area (Å²) >= 11 is 5.88. The van der Waals surface area contributed by atoms with Crippen LogP contribution in [-0.4, -0.2) is 23.1 Å². The fourth-order valence-corrected chi connectivity index (χ4v) is 3.18. The Labute approximate surface area is 147 Å². The Morgan fingerprint density at radius 2 is 1.72 bits per heavy atom. The summed E-state index contributed by atoms with van der Waals surface area (Å²) in [6, 6.07) is 12.2. The normalized spacial score (nSPS) is 22.5. The van der Waals surface area contributed by atoms with Crippen molar-refractivity contribution in [3.05, 3.63) is 64.9 Å². The van der Waals surface area contributed by atoms with Crippen molar-refractivity contribution >= 4 is 34.8 Å². The number of nitrogens with zero attached hydrogens (tertiary/aromatic N) is 2. The molecule has 0 saturated carbocycles. The van der Waals surface area contributed by atoms with E-state index in [0.29, 0.717) is 16.4 Å². The molecule has 5 nitrogen and oxygen atoms in total. The molecular weight excluding hydrogens is 347 g/mol. The first-order valence-corrected chi connectivity index (χ1v) is 8.00. The van der Waals surface area contributed by atoms with Crippen LogP contribution >= 0.6 is 11.6 Å². The van der Waals surface area contributed by atoms with Crippen LogP contribution in [0.15, 0.2) is 53.7 Å². The molecule has 126 valence electrons. The monoisotopic (exact) mass is 358 g/mol. The Morgan fingerprint density at radius 3 is 2.40 bits per heavy atom. The Hall–Kier alpha value is -2.73. The van der Waals surface area contributed by atoms with E-state index in [4.69, 9.17) is 16.4 Å². The average molecular weight is 359 g/mol. The number of carbonyl (C=O) groups is 2. The van der Waals surface area contributed by atoms with E-state index >= 15 is 0 Å². The van der Waals surface area contributed by atoms with Crippen LogP contribution in [0, 0.1) is 5.82 Å². The van der Waals surface area contributed by atoms with E-state index in [2.05, 4.69) is 5.16 Å². The van der Waals surface area contributed by atoms with Gasteiger partial charge in [0.05, 0.1) is 17.8 Å². The zero-order valence-corrected chi connectivity index (χ0v) is 13.7. The van der Waals surface area contributed by atoms with E-state index < -0.39 is 23.2 Å². The van der Waals surface area contributed by atoms with Crippen molar-refractivity contribution in [1.82, 2.24) is 0 Å². The van der Waals surface area contributed by atoms with Crippen molar-refractivity contribution in [2.75, 3.05) is 4.90 Å². The van der Waals surface area contributed by atoms with Gasteiger partial charge in [-0.05, 0) is 42.0 Å². The van der Waals surface area contributed by atoms with E-state index in [9.17, 15) is 14.0 Å². The molecule has 2 aliphatic heterocycles. The molecule has 1 spiro atoms. The molecule has 7 heteroatoms. The largest absolute Gasteiger partial charge is 0.378 e. The fourth-order valence-electron chi connectivity index (χ4n) is 3.05. The van der Waals surface area contributed by atoms with Gasteiger partial charge in [0, 0.05) is 11.4 Å². The van der Waals surface area contributed by atoms with Crippen molar-refractivity contribution in [2.45, 2.75) is 18.4 Å². The Balaban J connectivity index is 1.60. The molecule has 0 aromatic heterocycles. The lowest BCUT2D eigenvalue weighted by Crippen LogP contribution is -2.40. The lowest BCUT2D eigenvalue weighted by Gasteiger charge is -2.19. The number of hydrogen-bond donors (Lipinski definition) is 0. The van der Waals surface area contributed by atoms with Crippen molar-refractivity contribution < 1.29 is 18.8 Å². The molecule has 2 heterocycles. The summed E-state index contributed by atoms with van der Waals surface area (Å²) in [5.74, 6) is -1.33. The zero-order valence-electron chi connectivity index (χ0n) is 12.9. The van der Waals surface area contributed by atoms with Crippen molar-refractivity contribution in [3.63, 3.8) is 0 Å². The molecule has 0 radical (unpaired) electrons. The molecule has 25 heavy (non-hydrogen) atoms. The van der Waals surface area contributed by atoms with Crippen molar-refractivity contribution in [2.24, 2.45) is 5.16 Å². The van der Waals surface area contributed by atoms with Gasteiger partial charge in [-0.15, -0.1) is 0 Å². The SMILES string of the molecule is O=C1CC2(CC(c3ccc(Cl)cc3)=NO2)C(=O)N1c1ccc(F)cc1. The molecular formula is C18H12ClFN2O3. The first-order valence-electron chi connectivity index (χ1n) is 7.62. The van der Waals surface area contributed by atoms with Gasteiger partial charge < -0.3 is 4.84 Å². The number of halogens is 2. The Bertz CT molecular complexity index is 896. The topological polar surface area (TPSA) is 59.0 Å². The number of hydrogen-bond acceptors (Lipinski definition) is 4. The third-order valence-corrected chi connectivity index (χ3v) is 4.58. The highest BCUT2D eigenvalue weighted by Crippen LogP contribution is 2.39. The minimum absolute atomic E-state index is 0.107. The van der Waals surface area contributed by atoms with Gasteiger partial charge in [0.2, 0.25) is 11.5 Å². The van der Waals surface area contributed by atoms with Crippen LogP contribution in [0.25, 0.3) is 0 Å². The second-order valence-electron chi connectivity index (χ2n) is 5.99. The molecule has 1 saturated heterocycles. The molecule has 2 aromatic rings. The molecule has 0 N–H and O–H groups in total. The molecule has 1 unspecified atom stereocenters. The van der Waals surface area contributed by atoms with Gasteiger partial charge in [-0.1, -0.05) is 28.9 Å². The average Bonchev–Trinajstić information content (AvgIpc) is 3.12. The quantitative estimate of drug-likeness (QED) is 0.774. The lowest BCUT2D eigenvalue weighted by atomic mass is 9.92. The maximum Gasteiger partial charge on any atom is 0.281 e. The summed E-state index contributed by atoms with van der Waals surface area (Å²) in [5.41, 5.74) is 0.345. The molecule has 0 bridgehead atoms. The predicted molar refractivity (Wildman–Crippen MR) is 89.9 cm³/mol. The van der Waals surface area contributed by atoms with Crippen LogP contribution in [0.2, 0.25) is 5.02 Å². The number of amides is 2. The number of imide groups is 1. The molecule has 0 aliphatic carbocycles. The molecule has 2 aliphatic rings. The van der Waals surface area contributed by atoms with Gasteiger partial charge in [0.15, 0.2) is 0 Å². The Kier molecular flexibility index (Phi) is 3.58. The lowest BCUT2D eigenvalue weighted by molar-refractivity contribution is -0.136. The van der Waals surface area contributed by atoms with Crippen LogP contribution in [0.5, 0.6) is 0 Å². The number of oxime groups is 1. The van der Waals surface area contributed by atoms with Crippen LogP contribution in [-0.2, 0) is 14.4 Å². The summed E-state index contributed by atoms with van der Waals surface area (Å²) in [6.45, 7) is 0.